The summed E-state index contributed by atoms with van der Waals surface area (Å²) in [6, 6.07) is 8.07. The Balaban J connectivity index is 1.89. The van der Waals surface area contributed by atoms with Crippen LogP contribution in [-0.2, 0) is 6.42 Å². The first-order valence-corrected chi connectivity index (χ1v) is 8.57. The Labute approximate surface area is 133 Å². The van der Waals surface area contributed by atoms with Gasteiger partial charge >= 0.3 is 0 Å². The van der Waals surface area contributed by atoms with Crippen LogP contribution in [0.25, 0.3) is 0 Å². The first-order chi connectivity index (χ1) is 9.38. The summed E-state index contributed by atoms with van der Waals surface area (Å²) in [5.41, 5.74) is 1.63. The Morgan fingerprint density at radius 3 is 2.25 bits per heavy atom. The third-order valence-corrected chi connectivity index (χ3v) is 5.76. The number of rotatable bonds is 3. The van der Waals surface area contributed by atoms with E-state index in [-0.39, 0.29) is 5.38 Å². The van der Waals surface area contributed by atoms with Crippen LogP contribution >= 0.6 is 23.2 Å². The fourth-order valence-electron chi connectivity index (χ4n) is 3.39. The molecule has 0 spiro atoms. The van der Waals surface area contributed by atoms with Crippen LogP contribution in [0.1, 0.15) is 52.0 Å². The van der Waals surface area contributed by atoms with Crippen LogP contribution in [0.4, 0.5) is 0 Å². The molecule has 0 N–H and O–H groups in total. The highest BCUT2D eigenvalue weighted by Gasteiger charge is 2.32. The van der Waals surface area contributed by atoms with Crippen molar-refractivity contribution in [1.82, 2.24) is 0 Å². The Morgan fingerprint density at radius 2 is 1.70 bits per heavy atom. The maximum absolute atomic E-state index is 6.67. The van der Waals surface area contributed by atoms with Gasteiger partial charge in [-0.3, -0.25) is 0 Å². The molecule has 0 aliphatic heterocycles. The minimum absolute atomic E-state index is 0.218. The molecule has 0 heterocycles. The lowest BCUT2D eigenvalue weighted by atomic mass is 9.69. The largest absolute Gasteiger partial charge is 0.122 e. The smallest absolute Gasteiger partial charge is 0.0438 e. The van der Waals surface area contributed by atoms with Gasteiger partial charge in [-0.25, -0.2) is 0 Å². The normalized spacial score (nSPS) is 25.4. The second kappa shape index (κ2) is 6.71. The molecule has 1 fully saturated rings. The standard InChI is InChI=1S/C18H26Cl2/c1-18(2,3)15-10-8-13(9-11-15)17(20)12-14-6-4-5-7-16(14)19/h4-7,13,15,17H,8-12H2,1-3H3. The van der Waals surface area contributed by atoms with Crippen LogP contribution in [0.5, 0.6) is 0 Å². The number of alkyl halides is 1. The van der Waals surface area contributed by atoms with Gasteiger partial charge in [-0.1, -0.05) is 50.6 Å². The summed E-state index contributed by atoms with van der Waals surface area (Å²) < 4.78 is 0. The second-order valence-corrected chi connectivity index (χ2v) is 8.26. The van der Waals surface area contributed by atoms with Crippen molar-refractivity contribution >= 4 is 23.2 Å². The summed E-state index contributed by atoms with van der Waals surface area (Å²) in [7, 11) is 0. The molecule has 1 aliphatic carbocycles. The molecule has 1 aromatic carbocycles. The zero-order valence-electron chi connectivity index (χ0n) is 12.8. The molecule has 2 rings (SSSR count). The highest BCUT2D eigenvalue weighted by atomic mass is 35.5. The lowest BCUT2D eigenvalue weighted by Gasteiger charge is -2.38. The second-order valence-electron chi connectivity index (χ2n) is 7.29. The molecule has 1 aromatic rings. The van der Waals surface area contributed by atoms with Crippen molar-refractivity contribution < 1.29 is 0 Å². The maximum Gasteiger partial charge on any atom is 0.0438 e. The van der Waals surface area contributed by atoms with Crippen molar-refractivity contribution in [3.05, 3.63) is 34.9 Å². The van der Waals surface area contributed by atoms with Crippen molar-refractivity contribution in [3.8, 4) is 0 Å². The Morgan fingerprint density at radius 1 is 1.10 bits per heavy atom. The van der Waals surface area contributed by atoms with Crippen LogP contribution in [0.15, 0.2) is 24.3 Å². The van der Waals surface area contributed by atoms with E-state index in [1.807, 2.05) is 18.2 Å². The summed E-state index contributed by atoms with van der Waals surface area (Å²) in [6.07, 6.45) is 6.06. The first kappa shape index (κ1) is 16.2. The van der Waals surface area contributed by atoms with Crippen LogP contribution in [0.2, 0.25) is 5.02 Å². The van der Waals surface area contributed by atoms with E-state index in [1.165, 1.54) is 31.2 Å². The van der Waals surface area contributed by atoms with Crippen molar-refractivity contribution in [2.45, 2.75) is 58.3 Å². The molecule has 1 atom stereocenters. The number of hydrogen-bond acceptors (Lipinski definition) is 0. The molecule has 0 radical (unpaired) electrons. The molecule has 1 saturated carbocycles. The van der Waals surface area contributed by atoms with Gasteiger partial charge in [0.15, 0.2) is 0 Å². The van der Waals surface area contributed by atoms with Crippen LogP contribution < -0.4 is 0 Å². The summed E-state index contributed by atoms with van der Waals surface area (Å²) in [6.45, 7) is 7.08. The number of halogens is 2. The zero-order valence-corrected chi connectivity index (χ0v) is 14.3. The quantitative estimate of drug-likeness (QED) is 0.571. The zero-order chi connectivity index (χ0) is 14.8. The minimum atomic E-state index is 0.218. The van der Waals surface area contributed by atoms with Crippen LogP contribution in [0, 0.1) is 17.3 Å². The molecule has 20 heavy (non-hydrogen) atoms. The van der Waals surface area contributed by atoms with Gasteiger partial charge in [0, 0.05) is 10.4 Å². The third-order valence-electron chi connectivity index (χ3n) is 4.88. The van der Waals surface area contributed by atoms with E-state index in [4.69, 9.17) is 23.2 Å². The van der Waals surface area contributed by atoms with Crippen molar-refractivity contribution in [2.75, 3.05) is 0 Å². The fourth-order valence-corrected chi connectivity index (χ4v) is 4.02. The van der Waals surface area contributed by atoms with Crippen LogP contribution in [0.3, 0.4) is 0 Å². The van der Waals surface area contributed by atoms with Gasteiger partial charge in [0.25, 0.3) is 0 Å². The highest BCUT2D eigenvalue weighted by molar-refractivity contribution is 6.31. The molecule has 0 nitrogen and oxygen atoms in total. The SMILES string of the molecule is CC(C)(C)C1CCC(C(Cl)Cc2ccccc2Cl)CC1. The Bertz CT molecular complexity index is 425. The van der Waals surface area contributed by atoms with E-state index < -0.39 is 0 Å². The molecule has 1 aliphatic rings. The lowest BCUT2D eigenvalue weighted by molar-refractivity contribution is 0.148. The van der Waals surface area contributed by atoms with Gasteiger partial charge in [0.1, 0.15) is 0 Å². The predicted molar refractivity (Wildman–Crippen MR) is 89.7 cm³/mol. The molecule has 0 bridgehead atoms. The number of hydrogen-bond donors (Lipinski definition) is 0. The topological polar surface area (TPSA) is 0 Å². The van der Waals surface area contributed by atoms with E-state index in [0.29, 0.717) is 11.3 Å². The maximum atomic E-state index is 6.67. The third kappa shape index (κ3) is 4.15. The van der Waals surface area contributed by atoms with E-state index in [0.717, 1.165) is 17.4 Å². The molecule has 0 amide bonds. The molecule has 1 unspecified atom stereocenters. The summed E-state index contributed by atoms with van der Waals surface area (Å²) in [5.74, 6) is 1.49. The molecule has 0 saturated heterocycles. The van der Waals surface area contributed by atoms with Crippen LogP contribution in [-0.4, -0.2) is 5.38 Å². The minimum Gasteiger partial charge on any atom is -0.122 e. The van der Waals surface area contributed by atoms with E-state index in [9.17, 15) is 0 Å². The van der Waals surface area contributed by atoms with E-state index in [2.05, 4.69) is 26.8 Å². The molecule has 0 aromatic heterocycles. The van der Waals surface area contributed by atoms with Crippen molar-refractivity contribution in [1.29, 1.82) is 0 Å². The van der Waals surface area contributed by atoms with Crippen molar-refractivity contribution in [2.24, 2.45) is 17.3 Å². The molecule has 112 valence electrons. The summed E-state index contributed by atoms with van der Waals surface area (Å²) in [5, 5.41) is 1.07. The molecule has 2 heteroatoms. The van der Waals surface area contributed by atoms with Gasteiger partial charge in [-0.15, -0.1) is 11.6 Å². The Hall–Kier alpha value is -0.200. The van der Waals surface area contributed by atoms with Gasteiger partial charge in [0.05, 0.1) is 0 Å². The summed E-state index contributed by atoms with van der Waals surface area (Å²) >= 11 is 12.9. The predicted octanol–water partition coefficient (Wildman–Crippen LogP) is 6.34. The van der Waals surface area contributed by atoms with Gasteiger partial charge < -0.3 is 0 Å². The van der Waals surface area contributed by atoms with Gasteiger partial charge in [0.2, 0.25) is 0 Å². The average Bonchev–Trinajstić information content (AvgIpc) is 2.40. The van der Waals surface area contributed by atoms with E-state index >= 15 is 0 Å². The van der Waals surface area contributed by atoms with E-state index in [1.54, 1.807) is 0 Å². The van der Waals surface area contributed by atoms with Gasteiger partial charge in [-0.05, 0) is 61.0 Å². The monoisotopic (exact) mass is 312 g/mol. The first-order valence-electron chi connectivity index (χ1n) is 7.75. The molecular weight excluding hydrogens is 287 g/mol. The lowest BCUT2D eigenvalue weighted by Crippen LogP contribution is -2.29. The van der Waals surface area contributed by atoms with Gasteiger partial charge in [-0.2, -0.15) is 0 Å². The highest BCUT2D eigenvalue weighted by Crippen LogP contribution is 2.42. The average molecular weight is 313 g/mol. The number of benzene rings is 1. The van der Waals surface area contributed by atoms with Crippen molar-refractivity contribution in [3.63, 3.8) is 0 Å². The molecular formula is C18H26Cl2. The summed E-state index contributed by atoms with van der Waals surface area (Å²) in [4.78, 5) is 0. The Kier molecular flexibility index (Phi) is 5.42. The fraction of sp³-hybridized carbons (Fsp3) is 0.667.